The number of anilines is 2. The molecule has 12 heteroatoms. The molecule has 3 atom stereocenters. The van der Waals surface area contributed by atoms with Gasteiger partial charge in [0.1, 0.15) is 11.8 Å². The van der Waals surface area contributed by atoms with Crippen molar-refractivity contribution in [3.05, 3.63) is 95.0 Å². The van der Waals surface area contributed by atoms with Gasteiger partial charge >= 0.3 is 4.87 Å². The summed E-state index contributed by atoms with van der Waals surface area (Å²) in [4.78, 5) is 56.0. The molecule has 1 fully saturated rings. The highest BCUT2D eigenvalue weighted by Crippen LogP contribution is 2.54. The number of halogens is 2. The van der Waals surface area contributed by atoms with Crippen LogP contribution in [0.4, 0.5) is 11.4 Å². The third-order valence-corrected chi connectivity index (χ3v) is 10.8. The van der Waals surface area contributed by atoms with E-state index in [1.807, 2.05) is 17.5 Å². The van der Waals surface area contributed by atoms with Crippen LogP contribution in [0.5, 0.6) is 0 Å². The van der Waals surface area contributed by atoms with Gasteiger partial charge in [-0.3, -0.25) is 23.7 Å². The molecule has 4 aromatic rings. The average Bonchev–Trinajstić information content (AvgIpc) is 3.59. The molecule has 0 radical (unpaired) electrons. The molecule has 2 aliphatic heterocycles. The van der Waals surface area contributed by atoms with E-state index in [2.05, 4.69) is 21.2 Å². The predicted octanol–water partition coefficient (Wildman–Crippen LogP) is 5.82. The Labute approximate surface area is 242 Å². The zero-order chi connectivity index (χ0) is 26.6. The van der Waals surface area contributed by atoms with Crippen molar-refractivity contribution in [1.82, 2.24) is 4.57 Å². The first-order chi connectivity index (χ1) is 18.3. The first-order valence-corrected chi connectivity index (χ1v) is 15.2. The Balaban J connectivity index is 1.38. The Kier molecular flexibility index (Phi) is 6.81. The minimum absolute atomic E-state index is 0.215. The van der Waals surface area contributed by atoms with Crippen molar-refractivity contribution in [2.75, 3.05) is 10.2 Å². The summed E-state index contributed by atoms with van der Waals surface area (Å²) in [7, 11) is 0. The van der Waals surface area contributed by atoms with Gasteiger partial charge in [0.05, 0.1) is 16.6 Å². The molecule has 38 heavy (non-hydrogen) atoms. The molecule has 3 amide bonds. The van der Waals surface area contributed by atoms with E-state index in [0.717, 1.165) is 20.7 Å². The Hall–Kier alpha value is -2.70. The van der Waals surface area contributed by atoms with Crippen LogP contribution in [0, 0.1) is 5.92 Å². The SMILES string of the molecule is O=C(Cn1c2c(sc1=O)[C@@H](c1cccs1)C1C(=O)N(c3ccc(Br)cc3)C(=O)C1S2)Nc1ccc(Cl)cc1. The highest BCUT2D eigenvalue weighted by molar-refractivity contribution is 9.10. The maximum Gasteiger partial charge on any atom is 0.308 e. The number of thioether (sulfide) groups is 1. The van der Waals surface area contributed by atoms with Gasteiger partial charge in [0.15, 0.2) is 0 Å². The molecule has 0 bridgehead atoms. The topological polar surface area (TPSA) is 88.5 Å². The maximum absolute atomic E-state index is 13.8. The lowest BCUT2D eigenvalue weighted by molar-refractivity contribution is -0.122. The third-order valence-electron chi connectivity index (χ3n) is 6.41. The average molecular weight is 647 g/mol. The normalized spacial score (nSPS) is 20.4. The molecule has 2 aromatic heterocycles. The van der Waals surface area contributed by atoms with Gasteiger partial charge in [0.25, 0.3) is 0 Å². The summed E-state index contributed by atoms with van der Waals surface area (Å²) in [6.45, 7) is -0.215. The number of nitrogens with one attached hydrogen (secondary N) is 1. The maximum atomic E-state index is 13.8. The van der Waals surface area contributed by atoms with Crippen LogP contribution in [0.1, 0.15) is 15.7 Å². The van der Waals surface area contributed by atoms with Gasteiger partial charge in [-0.15, -0.1) is 11.3 Å². The van der Waals surface area contributed by atoms with Crippen LogP contribution in [0.15, 0.2) is 80.3 Å². The first kappa shape index (κ1) is 25.6. The van der Waals surface area contributed by atoms with Gasteiger partial charge in [-0.1, -0.05) is 56.7 Å². The molecule has 0 spiro atoms. The second-order valence-electron chi connectivity index (χ2n) is 8.72. The zero-order valence-corrected chi connectivity index (χ0v) is 24.1. The number of imide groups is 1. The minimum Gasteiger partial charge on any atom is -0.325 e. The number of nitrogens with zero attached hydrogens (tertiary/aromatic N) is 2. The fourth-order valence-electron chi connectivity index (χ4n) is 4.75. The van der Waals surface area contributed by atoms with Crippen LogP contribution in [-0.4, -0.2) is 27.5 Å². The Bertz CT molecular complexity index is 1620. The van der Waals surface area contributed by atoms with Gasteiger partial charge in [-0.2, -0.15) is 0 Å². The molecule has 0 saturated carbocycles. The number of rotatable bonds is 5. The highest BCUT2D eigenvalue weighted by atomic mass is 79.9. The first-order valence-electron chi connectivity index (χ1n) is 11.4. The van der Waals surface area contributed by atoms with Crippen molar-refractivity contribution < 1.29 is 14.4 Å². The number of carbonyl (C=O) groups is 3. The summed E-state index contributed by atoms with van der Waals surface area (Å²) in [5.41, 5.74) is 1.06. The molecule has 1 N–H and O–H groups in total. The highest BCUT2D eigenvalue weighted by Gasteiger charge is 2.57. The number of thiophene rings is 1. The molecule has 1 saturated heterocycles. The Morgan fingerprint density at radius 1 is 1.00 bits per heavy atom. The smallest absolute Gasteiger partial charge is 0.308 e. The summed E-state index contributed by atoms with van der Waals surface area (Å²) in [6.07, 6.45) is 0. The van der Waals surface area contributed by atoms with E-state index in [9.17, 15) is 19.2 Å². The molecule has 6 rings (SSSR count). The number of carbonyl (C=O) groups excluding carboxylic acids is 3. The number of amides is 3. The lowest BCUT2D eigenvalue weighted by atomic mass is 9.87. The molecular formula is C26H17BrClN3O4S3. The van der Waals surface area contributed by atoms with E-state index in [4.69, 9.17) is 11.6 Å². The van der Waals surface area contributed by atoms with Crippen LogP contribution in [0.3, 0.4) is 0 Å². The third kappa shape index (κ3) is 4.46. The van der Waals surface area contributed by atoms with Gasteiger partial charge in [0.2, 0.25) is 17.7 Å². The lowest BCUT2D eigenvalue weighted by Gasteiger charge is -2.29. The largest absolute Gasteiger partial charge is 0.325 e. The number of thiazole rings is 1. The van der Waals surface area contributed by atoms with Crippen molar-refractivity contribution in [2.24, 2.45) is 5.92 Å². The van der Waals surface area contributed by atoms with Gasteiger partial charge in [0, 0.05) is 30.9 Å². The minimum atomic E-state index is -0.717. The summed E-state index contributed by atoms with van der Waals surface area (Å²) in [5, 5.41) is 5.09. The molecule has 2 aromatic carbocycles. The Morgan fingerprint density at radius 2 is 1.74 bits per heavy atom. The summed E-state index contributed by atoms with van der Waals surface area (Å²) in [5.74, 6) is -2.10. The second kappa shape index (κ2) is 10.1. The van der Waals surface area contributed by atoms with Crippen LogP contribution in [0.25, 0.3) is 0 Å². The molecule has 2 unspecified atom stereocenters. The monoisotopic (exact) mass is 645 g/mol. The van der Waals surface area contributed by atoms with E-state index in [-0.39, 0.29) is 29.1 Å². The van der Waals surface area contributed by atoms with Crippen molar-refractivity contribution in [3.63, 3.8) is 0 Å². The number of hydrogen-bond acceptors (Lipinski definition) is 7. The molecule has 2 aliphatic rings. The van der Waals surface area contributed by atoms with E-state index in [1.54, 1.807) is 48.5 Å². The molecular weight excluding hydrogens is 630 g/mol. The molecule has 0 aliphatic carbocycles. The second-order valence-corrected chi connectivity index (χ2v) is 13.2. The van der Waals surface area contributed by atoms with Gasteiger partial charge in [-0.25, -0.2) is 4.90 Å². The molecule has 192 valence electrons. The number of benzene rings is 2. The fraction of sp³-hybridized carbons (Fsp3) is 0.154. The van der Waals surface area contributed by atoms with E-state index in [1.165, 1.54) is 32.6 Å². The lowest BCUT2D eigenvalue weighted by Crippen LogP contribution is -2.32. The van der Waals surface area contributed by atoms with Gasteiger partial charge < -0.3 is 5.32 Å². The van der Waals surface area contributed by atoms with Gasteiger partial charge in [-0.05, 0) is 60.0 Å². The van der Waals surface area contributed by atoms with Crippen molar-refractivity contribution in [1.29, 1.82) is 0 Å². The quantitative estimate of drug-likeness (QED) is 0.276. The van der Waals surface area contributed by atoms with Crippen LogP contribution >= 0.6 is 62.0 Å². The van der Waals surface area contributed by atoms with Crippen molar-refractivity contribution >= 4 is 91.1 Å². The summed E-state index contributed by atoms with van der Waals surface area (Å²) >= 11 is 13.0. The van der Waals surface area contributed by atoms with Crippen LogP contribution < -0.4 is 15.1 Å². The fourth-order valence-corrected chi connectivity index (χ4v) is 8.86. The summed E-state index contributed by atoms with van der Waals surface area (Å²) in [6, 6.07) is 17.5. The van der Waals surface area contributed by atoms with E-state index >= 15 is 0 Å². The predicted molar refractivity (Wildman–Crippen MR) is 155 cm³/mol. The van der Waals surface area contributed by atoms with E-state index < -0.39 is 17.1 Å². The molecule has 7 nitrogen and oxygen atoms in total. The van der Waals surface area contributed by atoms with Crippen LogP contribution in [-0.2, 0) is 20.9 Å². The number of hydrogen-bond donors (Lipinski definition) is 1. The van der Waals surface area contributed by atoms with Crippen molar-refractivity contribution in [3.8, 4) is 0 Å². The Morgan fingerprint density at radius 3 is 2.42 bits per heavy atom. The standard InChI is InChI=1S/C26H17BrClN3O4S3/c27-13-3-9-16(10-4-13)31-23(33)20-19(17-2-1-11-36-17)22-25(37-21(20)24(31)34)30(26(35)38-22)12-18(32)29-15-7-5-14(28)6-8-15/h1-11,19-21H,12H2,(H,29,32)/t19-,20?,21?/m0/s1. The number of aromatic nitrogens is 1. The van der Waals surface area contributed by atoms with Crippen LogP contribution in [0.2, 0.25) is 5.02 Å². The number of fused-ring (bicyclic) bond motifs is 2. The zero-order valence-electron chi connectivity index (χ0n) is 19.3. The van der Waals surface area contributed by atoms with Crippen molar-refractivity contribution in [2.45, 2.75) is 22.7 Å². The molecule has 4 heterocycles. The van der Waals surface area contributed by atoms with E-state index in [0.29, 0.717) is 26.3 Å². The summed E-state index contributed by atoms with van der Waals surface area (Å²) < 4.78 is 2.25.